The molecular formula is C6H11NOS. The van der Waals surface area contributed by atoms with Gasteiger partial charge in [0.2, 0.25) is 0 Å². The van der Waals surface area contributed by atoms with Gasteiger partial charge < -0.3 is 10.4 Å². The van der Waals surface area contributed by atoms with E-state index in [2.05, 4.69) is 11.9 Å². The summed E-state index contributed by atoms with van der Waals surface area (Å²) in [7, 11) is 0. The molecule has 0 aromatic rings. The molecule has 0 heterocycles. The third kappa shape index (κ3) is 5.46. The molecule has 0 aliphatic rings. The first-order valence-corrected chi connectivity index (χ1v) is 3.84. The summed E-state index contributed by atoms with van der Waals surface area (Å²) in [5.41, 5.74) is 0. The Hall–Kier alpha value is -0.410. The van der Waals surface area contributed by atoms with Crippen LogP contribution in [0.2, 0.25) is 0 Å². The summed E-state index contributed by atoms with van der Waals surface area (Å²) < 4.78 is 0. The maximum atomic E-state index is 8.90. The molecule has 0 fully saturated rings. The van der Waals surface area contributed by atoms with Crippen LogP contribution in [0.1, 0.15) is 0 Å². The summed E-state index contributed by atoms with van der Waals surface area (Å²) in [5, 5.41) is 13.3. The van der Waals surface area contributed by atoms with Gasteiger partial charge in [-0.3, -0.25) is 0 Å². The molecule has 9 heavy (non-hydrogen) atoms. The van der Waals surface area contributed by atoms with Gasteiger partial charge in [0.1, 0.15) is 6.23 Å². The van der Waals surface area contributed by atoms with E-state index in [1.807, 2.05) is 6.26 Å². The summed E-state index contributed by atoms with van der Waals surface area (Å²) in [5.74, 6) is 0. The number of hydrogen-bond acceptors (Lipinski definition) is 3. The predicted octanol–water partition coefficient (Wildman–Crippen LogP) is 0.915. The average molecular weight is 145 g/mol. The minimum absolute atomic E-state index is 0.602. The van der Waals surface area contributed by atoms with Crippen molar-refractivity contribution in [3.8, 4) is 0 Å². The van der Waals surface area contributed by atoms with Crippen LogP contribution in [-0.4, -0.2) is 17.6 Å². The lowest BCUT2D eigenvalue weighted by atomic mass is 10.5. The highest BCUT2D eigenvalue weighted by molar-refractivity contribution is 8.01. The van der Waals surface area contributed by atoms with E-state index in [0.717, 1.165) is 0 Å². The fourth-order valence-electron chi connectivity index (χ4n) is 0.329. The smallest absolute Gasteiger partial charge is 0.144 e. The molecule has 0 amide bonds. The third-order valence-corrected chi connectivity index (χ3v) is 1.11. The Kier molecular flexibility index (Phi) is 5.46. The Morgan fingerprint density at radius 3 is 2.89 bits per heavy atom. The van der Waals surface area contributed by atoms with Crippen LogP contribution in [0.25, 0.3) is 0 Å². The van der Waals surface area contributed by atoms with Crippen LogP contribution in [0.4, 0.5) is 0 Å². The second-order valence-corrected chi connectivity index (χ2v) is 2.12. The quantitative estimate of drug-likeness (QED) is 0.577. The van der Waals surface area contributed by atoms with Crippen LogP contribution in [0.3, 0.4) is 0 Å². The Morgan fingerprint density at radius 2 is 2.44 bits per heavy atom. The first kappa shape index (κ1) is 8.59. The monoisotopic (exact) mass is 145 g/mol. The van der Waals surface area contributed by atoms with Gasteiger partial charge in [-0.1, -0.05) is 6.58 Å². The lowest BCUT2D eigenvalue weighted by molar-refractivity contribution is 0.203. The summed E-state index contributed by atoms with van der Waals surface area (Å²) in [4.78, 5) is 0. The van der Waals surface area contributed by atoms with Crippen LogP contribution in [0.15, 0.2) is 24.3 Å². The highest BCUT2D eigenvalue weighted by Crippen LogP contribution is 1.93. The Morgan fingerprint density at radius 1 is 1.78 bits per heavy atom. The van der Waals surface area contributed by atoms with Gasteiger partial charge in [0.25, 0.3) is 0 Å². The van der Waals surface area contributed by atoms with Crippen LogP contribution in [0, 0.1) is 0 Å². The summed E-state index contributed by atoms with van der Waals surface area (Å²) in [6, 6.07) is 0. The Labute approximate surface area is 59.7 Å². The average Bonchev–Trinajstić information content (AvgIpc) is 1.85. The van der Waals surface area contributed by atoms with Crippen molar-refractivity contribution in [1.29, 1.82) is 0 Å². The molecule has 3 heteroatoms. The zero-order chi connectivity index (χ0) is 7.11. The van der Waals surface area contributed by atoms with Crippen molar-refractivity contribution >= 4 is 11.8 Å². The van der Waals surface area contributed by atoms with Gasteiger partial charge >= 0.3 is 0 Å². The lowest BCUT2D eigenvalue weighted by Crippen LogP contribution is -2.19. The molecule has 2 nitrogen and oxygen atoms in total. The highest BCUT2D eigenvalue weighted by Gasteiger charge is 1.88. The van der Waals surface area contributed by atoms with E-state index in [-0.39, 0.29) is 0 Å². The van der Waals surface area contributed by atoms with Crippen LogP contribution >= 0.6 is 11.8 Å². The first-order chi connectivity index (χ1) is 4.31. The highest BCUT2D eigenvalue weighted by atomic mass is 32.2. The third-order valence-electron chi connectivity index (χ3n) is 0.686. The second-order valence-electron chi connectivity index (χ2n) is 1.38. The van der Waals surface area contributed by atoms with Crippen molar-refractivity contribution in [1.82, 2.24) is 5.32 Å². The van der Waals surface area contributed by atoms with Gasteiger partial charge in [-0.25, -0.2) is 0 Å². The number of rotatable bonds is 4. The van der Waals surface area contributed by atoms with E-state index >= 15 is 0 Å². The van der Waals surface area contributed by atoms with Crippen molar-refractivity contribution in [2.45, 2.75) is 6.23 Å². The SMILES string of the molecule is C=CNC(O)/C=C\SC. The molecule has 2 N–H and O–H groups in total. The lowest BCUT2D eigenvalue weighted by Gasteiger charge is -2.02. The zero-order valence-corrected chi connectivity index (χ0v) is 6.19. The van der Waals surface area contributed by atoms with Crippen molar-refractivity contribution in [3.05, 3.63) is 24.3 Å². The molecule has 0 spiro atoms. The Bertz CT molecular complexity index is 103. The minimum atomic E-state index is -0.602. The van der Waals surface area contributed by atoms with Crippen LogP contribution in [-0.2, 0) is 0 Å². The molecule has 0 bridgehead atoms. The maximum absolute atomic E-state index is 8.90. The van der Waals surface area contributed by atoms with E-state index in [1.165, 1.54) is 6.20 Å². The van der Waals surface area contributed by atoms with Crippen molar-refractivity contribution < 1.29 is 5.11 Å². The van der Waals surface area contributed by atoms with Crippen molar-refractivity contribution in [3.63, 3.8) is 0 Å². The van der Waals surface area contributed by atoms with Crippen LogP contribution < -0.4 is 5.32 Å². The molecule has 1 atom stereocenters. The van der Waals surface area contributed by atoms with Gasteiger partial charge in [0.15, 0.2) is 0 Å². The van der Waals surface area contributed by atoms with E-state index in [1.54, 1.807) is 23.2 Å². The molecule has 0 aliphatic heterocycles. The fourth-order valence-corrected chi connectivity index (χ4v) is 0.635. The molecule has 0 saturated heterocycles. The zero-order valence-electron chi connectivity index (χ0n) is 5.37. The van der Waals surface area contributed by atoms with E-state index < -0.39 is 6.23 Å². The van der Waals surface area contributed by atoms with Crippen molar-refractivity contribution in [2.24, 2.45) is 0 Å². The normalized spacial score (nSPS) is 13.6. The number of aliphatic hydroxyl groups is 1. The standard InChI is InChI=1S/C6H11NOS/c1-3-7-6(8)4-5-9-2/h3-8H,1H2,2H3/b5-4-. The summed E-state index contributed by atoms with van der Waals surface area (Å²) >= 11 is 1.54. The molecule has 0 aliphatic carbocycles. The molecule has 0 aromatic carbocycles. The van der Waals surface area contributed by atoms with Gasteiger partial charge in [-0.05, 0) is 23.9 Å². The molecule has 0 saturated carbocycles. The molecule has 1 unspecified atom stereocenters. The molecule has 0 aromatic heterocycles. The molecule has 52 valence electrons. The van der Waals surface area contributed by atoms with Gasteiger partial charge in [0.05, 0.1) is 0 Å². The molecule has 0 radical (unpaired) electrons. The minimum Gasteiger partial charge on any atom is -0.370 e. The largest absolute Gasteiger partial charge is 0.370 e. The second kappa shape index (κ2) is 5.72. The number of thioether (sulfide) groups is 1. The maximum Gasteiger partial charge on any atom is 0.144 e. The van der Waals surface area contributed by atoms with E-state index in [9.17, 15) is 0 Å². The number of hydrogen-bond donors (Lipinski definition) is 2. The van der Waals surface area contributed by atoms with Gasteiger partial charge in [0, 0.05) is 0 Å². The number of aliphatic hydroxyl groups excluding tert-OH is 1. The van der Waals surface area contributed by atoms with Crippen molar-refractivity contribution in [2.75, 3.05) is 6.26 Å². The van der Waals surface area contributed by atoms with E-state index in [4.69, 9.17) is 5.11 Å². The van der Waals surface area contributed by atoms with Crippen LogP contribution in [0.5, 0.6) is 0 Å². The summed E-state index contributed by atoms with van der Waals surface area (Å²) in [6.45, 7) is 3.40. The Balaban J connectivity index is 3.35. The van der Waals surface area contributed by atoms with Gasteiger partial charge in [-0.2, -0.15) is 0 Å². The molecular weight excluding hydrogens is 134 g/mol. The van der Waals surface area contributed by atoms with E-state index in [0.29, 0.717) is 0 Å². The topological polar surface area (TPSA) is 32.3 Å². The first-order valence-electron chi connectivity index (χ1n) is 2.55. The van der Waals surface area contributed by atoms with Gasteiger partial charge in [-0.15, -0.1) is 11.8 Å². The number of nitrogens with one attached hydrogen (secondary N) is 1. The molecule has 0 rings (SSSR count). The predicted molar refractivity (Wildman–Crippen MR) is 42.0 cm³/mol. The summed E-state index contributed by atoms with van der Waals surface area (Å²) in [6.07, 6.45) is 4.42. The fraction of sp³-hybridized carbons (Fsp3) is 0.333.